The number of methoxy groups -OCH3 is 1. The molecule has 0 aromatic heterocycles. The topological polar surface area (TPSA) is 83.0 Å². The number of carbonyl (C=O) groups excluding carboxylic acids is 1. The normalized spacial score (nSPS) is 10.6. The Bertz CT molecular complexity index is 954. The van der Waals surface area contributed by atoms with E-state index in [9.17, 15) is 9.90 Å². The van der Waals surface area contributed by atoms with Crippen LogP contribution in [0.2, 0.25) is 0 Å². The minimum absolute atomic E-state index is 0.116. The van der Waals surface area contributed by atoms with Crippen molar-refractivity contribution >= 4 is 17.9 Å². The van der Waals surface area contributed by atoms with Crippen LogP contribution in [-0.4, -0.2) is 19.3 Å². The van der Waals surface area contributed by atoms with Crippen LogP contribution in [0.3, 0.4) is 0 Å². The highest BCUT2D eigenvalue weighted by atomic mass is 16.5. The van der Waals surface area contributed by atoms with Gasteiger partial charge in [0.25, 0.3) is 0 Å². The molecule has 28 heavy (non-hydrogen) atoms. The van der Waals surface area contributed by atoms with Gasteiger partial charge in [-0.05, 0) is 47.0 Å². The highest BCUT2D eigenvalue weighted by Gasteiger charge is 2.05. The van der Waals surface area contributed by atoms with Crippen molar-refractivity contribution in [2.75, 3.05) is 12.5 Å². The molecule has 3 rings (SSSR count). The maximum absolute atomic E-state index is 10.8. The molecule has 0 saturated carbocycles. The van der Waals surface area contributed by atoms with Gasteiger partial charge < -0.3 is 19.4 Å². The van der Waals surface area contributed by atoms with Crippen LogP contribution in [0.4, 0.5) is 5.69 Å². The SMILES string of the molecule is COc1ccc(/C=N\Nc2ccc(C(=O)[O-])cc2)cc1OCc1ccccc1. The first-order valence-electron chi connectivity index (χ1n) is 8.61. The third-order valence-corrected chi connectivity index (χ3v) is 3.95. The van der Waals surface area contributed by atoms with Gasteiger partial charge in [-0.3, -0.25) is 5.43 Å². The first-order valence-corrected chi connectivity index (χ1v) is 8.61. The molecule has 0 unspecified atom stereocenters. The van der Waals surface area contributed by atoms with Gasteiger partial charge in [0.15, 0.2) is 11.5 Å². The molecular formula is C22H19N2O4-. The van der Waals surface area contributed by atoms with Crippen molar-refractivity contribution in [3.8, 4) is 11.5 Å². The average molecular weight is 375 g/mol. The zero-order chi connectivity index (χ0) is 19.8. The second kappa shape index (κ2) is 9.23. The summed E-state index contributed by atoms with van der Waals surface area (Å²) in [6.45, 7) is 0.431. The van der Waals surface area contributed by atoms with Crippen molar-refractivity contribution in [1.82, 2.24) is 0 Å². The number of anilines is 1. The summed E-state index contributed by atoms with van der Waals surface area (Å²) in [5, 5.41) is 14.9. The van der Waals surface area contributed by atoms with Gasteiger partial charge >= 0.3 is 0 Å². The maximum atomic E-state index is 10.8. The molecule has 0 radical (unpaired) electrons. The van der Waals surface area contributed by atoms with E-state index in [1.54, 1.807) is 25.5 Å². The zero-order valence-corrected chi connectivity index (χ0v) is 15.3. The largest absolute Gasteiger partial charge is 0.545 e. The number of nitrogens with one attached hydrogen (secondary N) is 1. The summed E-state index contributed by atoms with van der Waals surface area (Å²) < 4.78 is 11.2. The van der Waals surface area contributed by atoms with Crippen LogP contribution in [-0.2, 0) is 6.61 Å². The van der Waals surface area contributed by atoms with Crippen molar-refractivity contribution < 1.29 is 19.4 Å². The lowest BCUT2D eigenvalue weighted by Gasteiger charge is -2.11. The molecular weight excluding hydrogens is 356 g/mol. The van der Waals surface area contributed by atoms with E-state index in [0.29, 0.717) is 23.8 Å². The van der Waals surface area contributed by atoms with Crippen LogP contribution >= 0.6 is 0 Å². The number of aromatic carboxylic acids is 1. The molecule has 0 heterocycles. The predicted molar refractivity (Wildman–Crippen MR) is 106 cm³/mol. The summed E-state index contributed by atoms with van der Waals surface area (Å²) in [5.41, 5.74) is 5.51. The number of nitrogens with zero attached hydrogens (tertiary/aromatic N) is 1. The van der Waals surface area contributed by atoms with Gasteiger partial charge in [-0.25, -0.2) is 0 Å². The average Bonchev–Trinajstić information content (AvgIpc) is 2.73. The van der Waals surface area contributed by atoms with Crippen molar-refractivity contribution in [2.45, 2.75) is 6.61 Å². The van der Waals surface area contributed by atoms with Crippen LogP contribution < -0.4 is 20.0 Å². The molecule has 0 amide bonds. The van der Waals surface area contributed by atoms with Gasteiger partial charge in [0, 0.05) is 0 Å². The summed E-state index contributed by atoms with van der Waals surface area (Å²) in [4.78, 5) is 10.8. The van der Waals surface area contributed by atoms with Gasteiger partial charge in [0.05, 0.1) is 25.0 Å². The lowest BCUT2D eigenvalue weighted by molar-refractivity contribution is -0.255. The van der Waals surface area contributed by atoms with Gasteiger partial charge in [-0.2, -0.15) is 5.10 Å². The van der Waals surface area contributed by atoms with E-state index in [1.165, 1.54) is 12.1 Å². The van der Waals surface area contributed by atoms with E-state index < -0.39 is 5.97 Å². The molecule has 0 aliphatic carbocycles. The molecule has 142 valence electrons. The molecule has 0 aliphatic heterocycles. The maximum Gasteiger partial charge on any atom is 0.162 e. The Morgan fingerprint density at radius 3 is 2.46 bits per heavy atom. The third kappa shape index (κ3) is 5.11. The van der Waals surface area contributed by atoms with E-state index in [2.05, 4.69) is 10.5 Å². The first-order chi connectivity index (χ1) is 13.7. The molecule has 3 aromatic rings. The zero-order valence-electron chi connectivity index (χ0n) is 15.3. The van der Waals surface area contributed by atoms with Crippen LogP contribution in [0.1, 0.15) is 21.5 Å². The molecule has 6 nitrogen and oxygen atoms in total. The monoisotopic (exact) mass is 375 g/mol. The molecule has 0 spiro atoms. The molecule has 0 fully saturated rings. The summed E-state index contributed by atoms with van der Waals surface area (Å²) >= 11 is 0. The summed E-state index contributed by atoms with van der Waals surface area (Å²) in [6.07, 6.45) is 1.64. The third-order valence-electron chi connectivity index (χ3n) is 3.95. The Balaban J connectivity index is 1.66. The highest BCUT2D eigenvalue weighted by molar-refractivity contribution is 5.86. The number of ether oxygens (including phenoxy) is 2. The quantitative estimate of drug-likeness (QED) is 0.483. The molecule has 3 aromatic carbocycles. The first kappa shape index (κ1) is 19.0. The molecule has 0 saturated heterocycles. The predicted octanol–water partition coefficient (Wildman–Crippen LogP) is 3.08. The second-order valence-electron chi connectivity index (χ2n) is 5.92. The number of hydrazone groups is 1. The van der Waals surface area contributed by atoms with E-state index in [0.717, 1.165) is 11.1 Å². The van der Waals surface area contributed by atoms with E-state index in [1.807, 2.05) is 48.5 Å². The molecule has 1 N–H and O–H groups in total. The van der Waals surface area contributed by atoms with Crippen LogP contribution in [0, 0.1) is 0 Å². The summed E-state index contributed by atoms with van der Waals surface area (Å²) in [7, 11) is 1.59. The number of carboxylic acid groups (broad SMARTS) is 1. The van der Waals surface area contributed by atoms with Gasteiger partial charge in [0.2, 0.25) is 0 Å². The number of hydrogen-bond donors (Lipinski definition) is 1. The fourth-order valence-corrected chi connectivity index (χ4v) is 2.48. The number of carboxylic acids is 1. The Labute approximate surface area is 163 Å². The van der Waals surface area contributed by atoms with Crippen LogP contribution in [0.5, 0.6) is 11.5 Å². The lowest BCUT2D eigenvalue weighted by Crippen LogP contribution is -2.21. The Kier molecular flexibility index (Phi) is 6.25. The van der Waals surface area contributed by atoms with E-state index in [-0.39, 0.29) is 5.56 Å². The minimum Gasteiger partial charge on any atom is -0.545 e. The van der Waals surface area contributed by atoms with Gasteiger partial charge in [-0.15, -0.1) is 0 Å². The van der Waals surface area contributed by atoms with E-state index >= 15 is 0 Å². The Morgan fingerprint density at radius 2 is 1.79 bits per heavy atom. The molecule has 6 heteroatoms. The highest BCUT2D eigenvalue weighted by Crippen LogP contribution is 2.28. The van der Waals surface area contributed by atoms with Gasteiger partial charge in [0.1, 0.15) is 6.61 Å². The standard InChI is InChI=1S/C22H20N2O4/c1-27-20-12-7-17(13-21(20)28-15-16-5-3-2-4-6-16)14-23-24-19-10-8-18(9-11-19)22(25)26/h2-14,24H,15H2,1H3,(H,25,26)/p-1/b23-14-. The summed E-state index contributed by atoms with van der Waals surface area (Å²) in [6, 6.07) is 21.5. The summed E-state index contributed by atoms with van der Waals surface area (Å²) in [5.74, 6) is 0.0452. The number of benzene rings is 3. The minimum atomic E-state index is -1.21. The smallest absolute Gasteiger partial charge is 0.162 e. The number of carbonyl (C=O) groups is 1. The lowest BCUT2D eigenvalue weighted by atomic mass is 10.2. The van der Waals surface area contributed by atoms with Crippen molar-refractivity contribution in [3.63, 3.8) is 0 Å². The molecule has 0 aliphatic rings. The number of hydrogen-bond acceptors (Lipinski definition) is 6. The Hall–Kier alpha value is -3.80. The van der Waals surface area contributed by atoms with Crippen molar-refractivity contribution in [2.24, 2.45) is 5.10 Å². The van der Waals surface area contributed by atoms with Crippen molar-refractivity contribution in [3.05, 3.63) is 89.5 Å². The fourth-order valence-electron chi connectivity index (χ4n) is 2.48. The number of rotatable bonds is 8. The van der Waals surface area contributed by atoms with Crippen LogP contribution in [0.15, 0.2) is 77.9 Å². The molecule has 0 atom stereocenters. The molecule has 0 bridgehead atoms. The second-order valence-corrected chi connectivity index (χ2v) is 5.92. The Morgan fingerprint density at radius 1 is 1.04 bits per heavy atom. The van der Waals surface area contributed by atoms with E-state index in [4.69, 9.17) is 9.47 Å². The van der Waals surface area contributed by atoms with Crippen molar-refractivity contribution in [1.29, 1.82) is 0 Å². The van der Waals surface area contributed by atoms with Crippen LogP contribution in [0.25, 0.3) is 0 Å². The van der Waals surface area contributed by atoms with Gasteiger partial charge in [-0.1, -0.05) is 42.5 Å². The fraction of sp³-hybridized carbons (Fsp3) is 0.0909.